The smallest absolute Gasteiger partial charge is 0.375 e. The van der Waals surface area contributed by atoms with E-state index in [0.717, 1.165) is 43.4 Å². The number of ether oxygens (including phenoxy) is 1. The Bertz CT molecular complexity index is 1110. The average Bonchev–Trinajstić information content (AvgIpc) is 3.30. The van der Waals surface area contributed by atoms with Gasteiger partial charge in [-0.1, -0.05) is 38.8 Å². The highest BCUT2D eigenvalue weighted by Crippen LogP contribution is 2.45. The van der Waals surface area contributed by atoms with E-state index < -0.39 is 23.6 Å². The summed E-state index contributed by atoms with van der Waals surface area (Å²) in [6.45, 7) is 5.86. The van der Waals surface area contributed by atoms with E-state index in [9.17, 15) is 22.8 Å². The first-order valence-corrected chi connectivity index (χ1v) is 11.8. The number of aromatic nitrogens is 1. The summed E-state index contributed by atoms with van der Waals surface area (Å²) in [6, 6.07) is 4.24. The fourth-order valence-corrected chi connectivity index (χ4v) is 5.38. The third-order valence-corrected chi connectivity index (χ3v) is 7.11. The zero-order valence-corrected chi connectivity index (χ0v) is 20.0. The molecule has 1 fully saturated rings. The van der Waals surface area contributed by atoms with E-state index in [1.165, 1.54) is 19.2 Å². The highest BCUT2D eigenvalue weighted by molar-refractivity contribution is 6.13. The molecule has 2 aliphatic rings. The van der Waals surface area contributed by atoms with Crippen LogP contribution in [0.2, 0.25) is 0 Å². The summed E-state index contributed by atoms with van der Waals surface area (Å²) in [7, 11) is 1.53. The number of rotatable bonds is 5. The number of pyridine rings is 1. The molecular weight excluding hydrogens is 443 g/mol. The predicted octanol–water partition coefficient (Wildman–Crippen LogP) is 6.85. The molecule has 4 nitrogen and oxygen atoms in total. The Hall–Kier alpha value is -2.54. The molecule has 7 heteroatoms. The van der Waals surface area contributed by atoms with E-state index in [4.69, 9.17) is 9.72 Å². The molecule has 1 saturated carbocycles. The normalized spacial score (nSPS) is 19.2. The molecule has 1 aromatic heterocycles. The molecule has 0 bridgehead atoms. The van der Waals surface area contributed by atoms with Crippen LogP contribution in [0.25, 0.3) is 0 Å². The lowest BCUT2D eigenvalue weighted by molar-refractivity contribution is -0.137. The van der Waals surface area contributed by atoms with Gasteiger partial charge in [-0.15, -0.1) is 0 Å². The number of ketones is 2. The van der Waals surface area contributed by atoms with Crippen molar-refractivity contribution in [2.24, 2.45) is 5.41 Å². The second-order valence-corrected chi connectivity index (χ2v) is 10.3. The number of carbonyl (C=O) groups is 2. The van der Waals surface area contributed by atoms with E-state index >= 15 is 0 Å². The molecule has 182 valence electrons. The fourth-order valence-electron chi connectivity index (χ4n) is 5.38. The Morgan fingerprint density at radius 1 is 1.12 bits per heavy atom. The first-order valence-electron chi connectivity index (χ1n) is 11.8. The summed E-state index contributed by atoms with van der Waals surface area (Å²) in [5.41, 5.74) is 1.85. The average molecular weight is 474 g/mol. The molecule has 2 aromatic rings. The van der Waals surface area contributed by atoms with Crippen molar-refractivity contribution in [3.05, 3.63) is 63.5 Å². The molecule has 1 aromatic carbocycles. The van der Waals surface area contributed by atoms with Crippen LogP contribution in [0.5, 0.6) is 0 Å². The number of Topliss-reactive ketones (excluding diaryl/α,β-unsaturated/α-hetero) is 1. The van der Waals surface area contributed by atoms with Crippen LogP contribution >= 0.6 is 0 Å². The molecule has 1 unspecified atom stereocenters. The molecule has 0 radical (unpaired) electrons. The van der Waals surface area contributed by atoms with Crippen LogP contribution in [0.15, 0.2) is 24.3 Å². The maximum absolute atomic E-state index is 13.9. The van der Waals surface area contributed by atoms with Crippen LogP contribution in [-0.4, -0.2) is 23.7 Å². The Kier molecular flexibility index (Phi) is 6.44. The number of hydrogen-bond acceptors (Lipinski definition) is 4. The van der Waals surface area contributed by atoms with Crippen LogP contribution in [0.4, 0.5) is 13.2 Å². The summed E-state index contributed by atoms with van der Waals surface area (Å²) in [4.78, 5) is 32.1. The van der Waals surface area contributed by atoms with Crippen molar-refractivity contribution in [3.8, 4) is 0 Å². The third-order valence-electron chi connectivity index (χ3n) is 7.11. The number of alkyl halides is 3. The van der Waals surface area contributed by atoms with Crippen LogP contribution in [-0.2, 0) is 17.3 Å². The first kappa shape index (κ1) is 24.6. The van der Waals surface area contributed by atoms with Crippen LogP contribution in [0.3, 0.4) is 0 Å². The highest BCUT2D eigenvalue weighted by Gasteiger charge is 2.40. The van der Waals surface area contributed by atoms with E-state index in [0.29, 0.717) is 35.4 Å². The summed E-state index contributed by atoms with van der Waals surface area (Å²) >= 11 is 0. The van der Waals surface area contributed by atoms with Gasteiger partial charge >= 0.3 is 6.18 Å². The van der Waals surface area contributed by atoms with Crippen LogP contribution in [0, 0.1) is 5.41 Å². The van der Waals surface area contributed by atoms with E-state index in [-0.39, 0.29) is 22.7 Å². The minimum atomic E-state index is -4.49. The molecule has 4 rings (SSSR count). The maximum atomic E-state index is 13.9. The van der Waals surface area contributed by atoms with E-state index in [1.807, 2.05) is 13.8 Å². The topological polar surface area (TPSA) is 56.3 Å². The Labute approximate surface area is 197 Å². The van der Waals surface area contributed by atoms with Gasteiger partial charge in [-0.05, 0) is 55.2 Å². The van der Waals surface area contributed by atoms with E-state index in [2.05, 4.69) is 0 Å². The second-order valence-electron chi connectivity index (χ2n) is 10.3. The molecule has 0 aliphatic heterocycles. The Morgan fingerprint density at radius 2 is 1.74 bits per heavy atom. The monoisotopic (exact) mass is 473 g/mol. The summed E-state index contributed by atoms with van der Waals surface area (Å²) in [5.74, 6) is -0.390. The van der Waals surface area contributed by atoms with Crippen molar-refractivity contribution >= 4 is 11.6 Å². The molecule has 0 N–H and O–H groups in total. The number of halogens is 3. The van der Waals surface area contributed by atoms with Gasteiger partial charge in [0.1, 0.15) is 0 Å². The van der Waals surface area contributed by atoms with Crippen molar-refractivity contribution in [1.82, 2.24) is 4.98 Å². The van der Waals surface area contributed by atoms with Gasteiger partial charge in [-0.2, -0.15) is 13.2 Å². The zero-order chi connectivity index (χ0) is 24.8. The van der Waals surface area contributed by atoms with Crippen LogP contribution < -0.4 is 0 Å². The number of hydrogen-bond donors (Lipinski definition) is 0. The highest BCUT2D eigenvalue weighted by atomic mass is 19.4. The van der Waals surface area contributed by atoms with Crippen molar-refractivity contribution in [1.29, 1.82) is 0 Å². The minimum Gasteiger partial charge on any atom is -0.375 e. The van der Waals surface area contributed by atoms with Gasteiger partial charge in [-0.3, -0.25) is 14.6 Å². The van der Waals surface area contributed by atoms with Gasteiger partial charge in [0.2, 0.25) is 0 Å². The molecule has 1 atom stereocenters. The van der Waals surface area contributed by atoms with Gasteiger partial charge in [0.15, 0.2) is 11.6 Å². The Balaban J connectivity index is 1.96. The molecule has 2 aliphatic carbocycles. The SMILES string of the molecule is COC(C)c1nc2c(c(C3CCCC3)c1C(=O)c1ccc(C(F)(F)F)cc1)C(=O)CC(C)(C)C2. The number of methoxy groups -OCH3 is 1. The summed E-state index contributed by atoms with van der Waals surface area (Å²) in [5, 5.41) is 0. The van der Waals surface area contributed by atoms with Gasteiger partial charge in [0.25, 0.3) is 0 Å². The molecule has 0 spiro atoms. The van der Waals surface area contributed by atoms with Gasteiger partial charge in [0.05, 0.1) is 28.6 Å². The van der Waals surface area contributed by atoms with Crippen LogP contribution in [0.1, 0.15) is 114 Å². The van der Waals surface area contributed by atoms with Crippen molar-refractivity contribution in [2.75, 3.05) is 7.11 Å². The zero-order valence-electron chi connectivity index (χ0n) is 20.0. The van der Waals surface area contributed by atoms with Gasteiger partial charge < -0.3 is 4.74 Å². The maximum Gasteiger partial charge on any atom is 0.416 e. The number of carbonyl (C=O) groups excluding carboxylic acids is 2. The van der Waals surface area contributed by atoms with Gasteiger partial charge in [-0.25, -0.2) is 0 Å². The molecular formula is C27H30F3NO3. The molecule has 0 saturated heterocycles. The molecule has 0 amide bonds. The summed E-state index contributed by atoms with van der Waals surface area (Å²) < 4.78 is 44.8. The predicted molar refractivity (Wildman–Crippen MR) is 122 cm³/mol. The van der Waals surface area contributed by atoms with E-state index in [1.54, 1.807) is 6.92 Å². The second kappa shape index (κ2) is 8.91. The lowest BCUT2D eigenvalue weighted by Gasteiger charge is -2.34. The first-order chi connectivity index (χ1) is 15.9. The largest absolute Gasteiger partial charge is 0.416 e. The standard InChI is InChI=1S/C27H30F3NO3/c1-15(34-4)24-23(25(33)17-9-11-18(12-10-17)27(28,29)30)21(16-7-5-6-8-16)22-19(31-24)13-26(2,3)14-20(22)32/h9-12,15-16H,5-8,13-14H2,1-4H3. The Morgan fingerprint density at radius 3 is 2.29 bits per heavy atom. The third kappa shape index (κ3) is 4.54. The lowest BCUT2D eigenvalue weighted by Crippen LogP contribution is -2.32. The van der Waals surface area contributed by atoms with Crippen molar-refractivity contribution in [2.45, 2.75) is 77.5 Å². The van der Waals surface area contributed by atoms with Gasteiger partial charge in [0, 0.05) is 24.7 Å². The minimum absolute atomic E-state index is 0.0151. The molecule has 1 heterocycles. The fraction of sp³-hybridized carbons (Fsp3) is 0.519. The number of benzene rings is 1. The van der Waals surface area contributed by atoms with Crippen molar-refractivity contribution in [3.63, 3.8) is 0 Å². The quantitative estimate of drug-likeness (QED) is 0.446. The lowest BCUT2D eigenvalue weighted by atomic mass is 9.71. The van der Waals surface area contributed by atoms with Crippen molar-refractivity contribution < 1.29 is 27.5 Å². The number of fused-ring (bicyclic) bond motifs is 1. The molecule has 34 heavy (non-hydrogen) atoms. The summed E-state index contributed by atoms with van der Waals surface area (Å²) in [6.07, 6.45) is -0.282. The number of nitrogens with zero attached hydrogens (tertiary/aromatic N) is 1.